The zero-order chi connectivity index (χ0) is 13.9. The molecule has 19 heavy (non-hydrogen) atoms. The molecule has 0 spiro atoms. The topological polar surface area (TPSA) is 15.3 Å². The standard InChI is InChI=1S/C17H36N2/c1-4-6-7-8-9-10-13-19-14-11-17(16(3)15-19)18-12-5-2/h16-18H,4-15H2,1-3H3. The fourth-order valence-electron chi connectivity index (χ4n) is 3.18. The van der Waals surface area contributed by atoms with Crippen molar-refractivity contribution in [2.75, 3.05) is 26.2 Å². The largest absolute Gasteiger partial charge is 0.314 e. The van der Waals surface area contributed by atoms with Gasteiger partial charge >= 0.3 is 0 Å². The van der Waals surface area contributed by atoms with E-state index in [1.165, 1.54) is 77.5 Å². The molecule has 114 valence electrons. The van der Waals surface area contributed by atoms with E-state index in [2.05, 4.69) is 31.0 Å². The lowest BCUT2D eigenvalue weighted by Crippen LogP contribution is -2.48. The van der Waals surface area contributed by atoms with Crippen LogP contribution in [0.4, 0.5) is 0 Å². The number of hydrogen-bond donors (Lipinski definition) is 1. The van der Waals surface area contributed by atoms with Gasteiger partial charge in [-0.1, -0.05) is 52.9 Å². The Morgan fingerprint density at radius 3 is 2.42 bits per heavy atom. The number of piperidine rings is 1. The average Bonchev–Trinajstić information content (AvgIpc) is 2.42. The Hall–Kier alpha value is -0.0800. The predicted octanol–water partition coefficient (Wildman–Crippen LogP) is 4.06. The number of unbranched alkanes of at least 4 members (excludes halogenated alkanes) is 5. The molecule has 2 heteroatoms. The number of nitrogens with one attached hydrogen (secondary N) is 1. The molecule has 0 amide bonds. The van der Waals surface area contributed by atoms with E-state index in [1.54, 1.807) is 0 Å². The third-order valence-corrected chi connectivity index (χ3v) is 4.47. The minimum atomic E-state index is 0.765. The summed E-state index contributed by atoms with van der Waals surface area (Å²) in [5.41, 5.74) is 0. The van der Waals surface area contributed by atoms with Crippen LogP contribution in [0.15, 0.2) is 0 Å². The summed E-state index contributed by atoms with van der Waals surface area (Å²) in [7, 11) is 0. The molecular formula is C17H36N2. The molecule has 0 saturated carbocycles. The van der Waals surface area contributed by atoms with Crippen LogP contribution < -0.4 is 5.32 Å². The Morgan fingerprint density at radius 1 is 1.00 bits per heavy atom. The maximum absolute atomic E-state index is 3.71. The molecule has 2 nitrogen and oxygen atoms in total. The molecule has 2 unspecified atom stereocenters. The first-order valence-electron chi connectivity index (χ1n) is 8.73. The van der Waals surface area contributed by atoms with Crippen molar-refractivity contribution in [1.29, 1.82) is 0 Å². The van der Waals surface area contributed by atoms with Gasteiger partial charge in [-0.25, -0.2) is 0 Å². The van der Waals surface area contributed by atoms with Crippen LogP contribution in [0.3, 0.4) is 0 Å². The number of rotatable bonds is 10. The van der Waals surface area contributed by atoms with Gasteiger partial charge in [0.15, 0.2) is 0 Å². The van der Waals surface area contributed by atoms with Gasteiger partial charge in [0.05, 0.1) is 0 Å². The molecule has 0 aromatic carbocycles. The molecule has 1 heterocycles. The van der Waals surface area contributed by atoms with E-state index in [0.717, 1.165) is 12.0 Å². The first-order chi connectivity index (χ1) is 9.27. The molecule has 1 rings (SSSR count). The van der Waals surface area contributed by atoms with Gasteiger partial charge in [0.25, 0.3) is 0 Å². The van der Waals surface area contributed by atoms with Crippen molar-refractivity contribution >= 4 is 0 Å². The van der Waals surface area contributed by atoms with Crippen LogP contribution >= 0.6 is 0 Å². The minimum Gasteiger partial charge on any atom is -0.314 e. The smallest absolute Gasteiger partial charge is 0.0117 e. The monoisotopic (exact) mass is 268 g/mol. The predicted molar refractivity (Wildman–Crippen MR) is 85.7 cm³/mol. The Morgan fingerprint density at radius 2 is 1.74 bits per heavy atom. The van der Waals surface area contributed by atoms with Gasteiger partial charge in [-0.15, -0.1) is 0 Å². The summed E-state index contributed by atoms with van der Waals surface area (Å²) in [6, 6.07) is 0.765. The van der Waals surface area contributed by atoms with Crippen LogP contribution in [0.5, 0.6) is 0 Å². The number of hydrogen-bond acceptors (Lipinski definition) is 2. The van der Waals surface area contributed by atoms with Gasteiger partial charge < -0.3 is 10.2 Å². The Kier molecular flexibility index (Phi) is 9.54. The SMILES string of the molecule is CCCCCCCCN1CCC(NCCC)C(C)C1. The van der Waals surface area contributed by atoms with Crippen molar-refractivity contribution in [3.63, 3.8) is 0 Å². The van der Waals surface area contributed by atoms with E-state index in [4.69, 9.17) is 0 Å². The number of nitrogens with zero attached hydrogens (tertiary/aromatic N) is 1. The lowest BCUT2D eigenvalue weighted by atomic mass is 9.93. The minimum absolute atomic E-state index is 0.765. The summed E-state index contributed by atoms with van der Waals surface area (Å²) >= 11 is 0. The van der Waals surface area contributed by atoms with Crippen molar-refractivity contribution in [2.24, 2.45) is 5.92 Å². The molecule has 2 atom stereocenters. The molecule has 1 saturated heterocycles. The Bertz CT molecular complexity index is 205. The number of likely N-dealkylation sites (tertiary alicyclic amines) is 1. The van der Waals surface area contributed by atoms with Crippen LogP contribution in [0.25, 0.3) is 0 Å². The van der Waals surface area contributed by atoms with Crippen LogP contribution in [0.1, 0.15) is 72.1 Å². The summed E-state index contributed by atoms with van der Waals surface area (Å²) < 4.78 is 0. The lowest BCUT2D eigenvalue weighted by Gasteiger charge is -2.37. The zero-order valence-corrected chi connectivity index (χ0v) is 13.6. The molecule has 1 fully saturated rings. The maximum Gasteiger partial charge on any atom is 0.0117 e. The zero-order valence-electron chi connectivity index (χ0n) is 13.6. The van der Waals surface area contributed by atoms with Crippen LogP contribution in [0, 0.1) is 5.92 Å². The normalized spacial score (nSPS) is 24.8. The van der Waals surface area contributed by atoms with Crippen molar-refractivity contribution in [1.82, 2.24) is 10.2 Å². The molecule has 1 aliphatic rings. The highest BCUT2D eigenvalue weighted by atomic mass is 15.1. The fourth-order valence-corrected chi connectivity index (χ4v) is 3.18. The van der Waals surface area contributed by atoms with E-state index < -0.39 is 0 Å². The summed E-state index contributed by atoms with van der Waals surface area (Å²) in [4.78, 5) is 2.69. The summed E-state index contributed by atoms with van der Waals surface area (Å²) in [5.74, 6) is 0.820. The van der Waals surface area contributed by atoms with Crippen molar-refractivity contribution in [2.45, 2.75) is 78.2 Å². The Balaban J connectivity index is 2.04. The molecule has 0 bridgehead atoms. The first-order valence-corrected chi connectivity index (χ1v) is 8.73. The van der Waals surface area contributed by atoms with Gasteiger partial charge in [0, 0.05) is 12.6 Å². The highest BCUT2D eigenvalue weighted by molar-refractivity contribution is 4.82. The summed E-state index contributed by atoms with van der Waals surface area (Å²) in [6.07, 6.45) is 11.1. The van der Waals surface area contributed by atoms with Crippen molar-refractivity contribution in [3.05, 3.63) is 0 Å². The highest BCUT2D eigenvalue weighted by Crippen LogP contribution is 2.17. The van der Waals surface area contributed by atoms with Crippen LogP contribution in [-0.4, -0.2) is 37.1 Å². The highest BCUT2D eigenvalue weighted by Gasteiger charge is 2.24. The third-order valence-electron chi connectivity index (χ3n) is 4.47. The molecule has 0 aromatic rings. The fraction of sp³-hybridized carbons (Fsp3) is 1.00. The van der Waals surface area contributed by atoms with E-state index in [9.17, 15) is 0 Å². The van der Waals surface area contributed by atoms with Crippen molar-refractivity contribution in [3.8, 4) is 0 Å². The van der Waals surface area contributed by atoms with Gasteiger partial charge in [-0.05, 0) is 44.8 Å². The van der Waals surface area contributed by atoms with Gasteiger partial charge in [-0.2, -0.15) is 0 Å². The molecule has 1 aliphatic heterocycles. The molecule has 0 radical (unpaired) electrons. The van der Waals surface area contributed by atoms with E-state index in [-0.39, 0.29) is 0 Å². The summed E-state index contributed by atoms with van der Waals surface area (Å²) in [5, 5.41) is 3.71. The molecular weight excluding hydrogens is 232 g/mol. The van der Waals surface area contributed by atoms with Crippen LogP contribution in [-0.2, 0) is 0 Å². The molecule has 0 aromatic heterocycles. The van der Waals surface area contributed by atoms with Gasteiger partial charge in [-0.3, -0.25) is 0 Å². The maximum atomic E-state index is 3.71. The Labute approximate surface area is 121 Å². The third kappa shape index (κ3) is 7.31. The first kappa shape index (κ1) is 17.0. The van der Waals surface area contributed by atoms with E-state index in [1.807, 2.05) is 0 Å². The van der Waals surface area contributed by atoms with Crippen molar-refractivity contribution < 1.29 is 0 Å². The second kappa shape index (κ2) is 10.7. The second-order valence-corrected chi connectivity index (χ2v) is 6.39. The van der Waals surface area contributed by atoms with Crippen LogP contribution in [0.2, 0.25) is 0 Å². The second-order valence-electron chi connectivity index (χ2n) is 6.39. The van der Waals surface area contributed by atoms with Gasteiger partial charge in [0.2, 0.25) is 0 Å². The van der Waals surface area contributed by atoms with E-state index >= 15 is 0 Å². The quantitative estimate of drug-likeness (QED) is 0.601. The molecule has 1 N–H and O–H groups in total. The summed E-state index contributed by atoms with van der Waals surface area (Å²) in [6.45, 7) is 12.1. The van der Waals surface area contributed by atoms with E-state index in [0.29, 0.717) is 0 Å². The van der Waals surface area contributed by atoms with Gasteiger partial charge in [0.1, 0.15) is 0 Å². The lowest BCUT2D eigenvalue weighted by molar-refractivity contribution is 0.145. The molecule has 0 aliphatic carbocycles. The average molecular weight is 268 g/mol.